The Balaban J connectivity index is 3.00. The molecule has 0 bridgehead atoms. The molecular weight excluding hydrogens is 280 g/mol. The average molecular weight is 285 g/mol. The van der Waals surface area contributed by atoms with Crippen LogP contribution in [0.2, 0.25) is 5.02 Å². The molecule has 1 rings (SSSR count). The molecule has 18 heavy (non-hydrogen) atoms. The molecular formula is C9H5ClF4N2O2. The Bertz CT molecular complexity index is 502. The van der Waals surface area contributed by atoms with E-state index in [4.69, 9.17) is 16.7 Å². The van der Waals surface area contributed by atoms with Crippen molar-refractivity contribution in [2.45, 2.75) is 6.18 Å². The molecule has 1 aromatic carbocycles. The van der Waals surface area contributed by atoms with Crippen LogP contribution in [0.5, 0.6) is 0 Å². The van der Waals surface area contributed by atoms with Gasteiger partial charge in [-0.1, -0.05) is 11.6 Å². The minimum absolute atomic E-state index is 0.0382. The third kappa shape index (κ3) is 3.59. The monoisotopic (exact) mass is 284 g/mol. The highest BCUT2D eigenvalue weighted by molar-refractivity contribution is 6.38. The van der Waals surface area contributed by atoms with Crippen molar-refractivity contribution in [1.29, 1.82) is 0 Å². The largest absolute Gasteiger partial charge is 0.476 e. The number of carboxylic acids is 1. The van der Waals surface area contributed by atoms with Gasteiger partial charge >= 0.3 is 12.1 Å². The van der Waals surface area contributed by atoms with E-state index in [0.29, 0.717) is 0 Å². The zero-order valence-corrected chi connectivity index (χ0v) is 9.18. The molecule has 0 aromatic heterocycles. The first-order valence-electron chi connectivity index (χ1n) is 4.31. The van der Waals surface area contributed by atoms with Gasteiger partial charge in [0.2, 0.25) is 5.71 Å². The second kappa shape index (κ2) is 5.21. The summed E-state index contributed by atoms with van der Waals surface area (Å²) in [6.45, 7) is 0. The molecule has 0 saturated carbocycles. The third-order valence-corrected chi connectivity index (χ3v) is 1.93. The lowest BCUT2D eigenvalue weighted by Crippen LogP contribution is -2.31. The fourth-order valence-corrected chi connectivity index (χ4v) is 1.09. The molecule has 4 nitrogen and oxygen atoms in total. The first kappa shape index (κ1) is 14.2. The number of anilines is 1. The van der Waals surface area contributed by atoms with Crippen molar-refractivity contribution in [2.24, 2.45) is 5.10 Å². The second-order valence-corrected chi connectivity index (χ2v) is 3.44. The molecule has 98 valence electrons. The van der Waals surface area contributed by atoms with Gasteiger partial charge in [-0.05, 0) is 18.2 Å². The number of aliphatic carboxylic acids is 1. The minimum Gasteiger partial charge on any atom is -0.476 e. The molecule has 0 amide bonds. The van der Waals surface area contributed by atoms with Gasteiger partial charge in [-0.3, -0.25) is 5.43 Å². The van der Waals surface area contributed by atoms with Crippen LogP contribution in [-0.4, -0.2) is 23.0 Å². The van der Waals surface area contributed by atoms with Gasteiger partial charge in [-0.2, -0.15) is 18.3 Å². The maximum Gasteiger partial charge on any atom is 0.442 e. The zero-order valence-electron chi connectivity index (χ0n) is 8.42. The number of carboxylic acid groups (broad SMARTS) is 1. The highest BCUT2D eigenvalue weighted by atomic mass is 35.5. The summed E-state index contributed by atoms with van der Waals surface area (Å²) in [7, 11) is 0. The van der Waals surface area contributed by atoms with Crippen molar-refractivity contribution < 1.29 is 27.5 Å². The predicted octanol–water partition coefficient (Wildman–Crippen LogP) is 2.89. The Hall–Kier alpha value is -1.83. The number of nitrogens with zero attached hydrogens (tertiary/aromatic N) is 1. The summed E-state index contributed by atoms with van der Waals surface area (Å²) in [5.41, 5.74) is -0.833. The number of benzene rings is 1. The van der Waals surface area contributed by atoms with Crippen molar-refractivity contribution in [2.75, 3.05) is 5.43 Å². The summed E-state index contributed by atoms with van der Waals surface area (Å²) in [5.74, 6) is -3.23. The maximum atomic E-state index is 13.2. The van der Waals surface area contributed by atoms with Crippen molar-refractivity contribution in [3.05, 3.63) is 29.0 Å². The van der Waals surface area contributed by atoms with Gasteiger partial charge in [-0.25, -0.2) is 9.18 Å². The van der Waals surface area contributed by atoms with Gasteiger partial charge in [0.25, 0.3) is 0 Å². The molecule has 0 aliphatic heterocycles. The summed E-state index contributed by atoms with van der Waals surface area (Å²) in [4.78, 5) is 10.3. The number of rotatable bonds is 3. The van der Waals surface area contributed by atoms with E-state index in [1.54, 1.807) is 5.43 Å². The Morgan fingerprint density at radius 2 is 2.00 bits per heavy atom. The summed E-state index contributed by atoms with van der Waals surface area (Å²) in [6, 6.07) is 3.07. The van der Waals surface area contributed by atoms with Crippen LogP contribution in [-0.2, 0) is 4.79 Å². The minimum atomic E-state index is -5.15. The standard InChI is InChI=1S/C9H5ClF4N2O2/c10-4-1-2-6(5(11)3-4)15-16-7(8(17)18)9(12,13)14/h1-3,15H,(H,17,18)/b16-7-. The van der Waals surface area contributed by atoms with E-state index < -0.39 is 29.4 Å². The van der Waals surface area contributed by atoms with Crippen LogP contribution < -0.4 is 5.43 Å². The van der Waals surface area contributed by atoms with Gasteiger partial charge in [0.1, 0.15) is 5.82 Å². The molecule has 2 N–H and O–H groups in total. The van der Waals surface area contributed by atoms with Gasteiger partial charge in [0, 0.05) is 5.02 Å². The number of halogens is 5. The molecule has 0 radical (unpaired) electrons. The second-order valence-electron chi connectivity index (χ2n) is 3.00. The first-order valence-corrected chi connectivity index (χ1v) is 4.69. The molecule has 0 fully saturated rings. The molecule has 0 saturated heterocycles. The van der Waals surface area contributed by atoms with Crippen LogP contribution in [0.3, 0.4) is 0 Å². The Morgan fingerprint density at radius 1 is 1.39 bits per heavy atom. The SMILES string of the molecule is O=C(O)/C(=N/Nc1ccc(Cl)cc1F)C(F)(F)F. The predicted molar refractivity (Wildman–Crippen MR) is 56.2 cm³/mol. The number of carbonyl (C=O) groups is 1. The lowest BCUT2D eigenvalue weighted by Gasteiger charge is -2.07. The van der Waals surface area contributed by atoms with Gasteiger partial charge in [0.05, 0.1) is 5.69 Å². The van der Waals surface area contributed by atoms with E-state index in [0.717, 1.165) is 12.1 Å². The lowest BCUT2D eigenvalue weighted by molar-refractivity contribution is -0.133. The van der Waals surface area contributed by atoms with Crippen LogP contribution in [0.25, 0.3) is 0 Å². The number of hydrogen-bond acceptors (Lipinski definition) is 3. The summed E-state index contributed by atoms with van der Waals surface area (Å²) < 4.78 is 49.7. The van der Waals surface area contributed by atoms with Gasteiger partial charge in [0.15, 0.2) is 0 Å². The highest BCUT2D eigenvalue weighted by Gasteiger charge is 2.41. The van der Waals surface area contributed by atoms with Gasteiger partial charge in [-0.15, -0.1) is 0 Å². The molecule has 0 heterocycles. The zero-order chi connectivity index (χ0) is 13.9. The van der Waals surface area contributed by atoms with Crippen molar-refractivity contribution in [1.82, 2.24) is 0 Å². The topological polar surface area (TPSA) is 61.7 Å². The molecule has 0 unspecified atom stereocenters. The van der Waals surface area contributed by atoms with E-state index in [1.807, 2.05) is 0 Å². The molecule has 0 atom stereocenters. The third-order valence-electron chi connectivity index (χ3n) is 1.69. The van der Waals surface area contributed by atoms with E-state index in [-0.39, 0.29) is 5.02 Å². The normalized spacial score (nSPS) is 12.4. The van der Waals surface area contributed by atoms with Gasteiger partial charge < -0.3 is 5.11 Å². The lowest BCUT2D eigenvalue weighted by atomic mass is 10.3. The summed E-state index contributed by atoms with van der Waals surface area (Å²) in [6.07, 6.45) is -5.15. The van der Waals surface area contributed by atoms with Crippen molar-refractivity contribution in [3.8, 4) is 0 Å². The van der Waals surface area contributed by atoms with Crippen LogP contribution in [0.4, 0.5) is 23.2 Å². The molecule has 9 heteroatoms. The van der Waals surface area contributed by atoms with E-state index in [1.165, 1.54) is 6.07 Å². The van der Waals surface area contributed by atoms with Crippen LogP contribution in [0.15, 0.2) is 23.3 Å². The van der Waals surface area contributed by atoms with E-state index >= 15 is 0 Å². The summed E-state index contributed by atoms with van der Waals surface area (Å²) in [5, 5.41) is 10.9. The number of hydrogen-bond donors (Lipinski definition) is 2. The Labute approximate surface area is 103 Å². The van der Waals surface area contributed by atoms with Crippen LogP contribution >= 0.6 is 11.6 Å². The molecule has 1 aromatic rings. The van der Waals surface area contributed by atoms with Crippen LogP contribution in [0, 0.1) is 5.82 Å². The number of nitrogens with one attached hydrogen (secondary N) is 1. The van der Waals surface area contributed by atoms with E-state index in [9.17, 15) is 22.4 Å². The van der Waals surface area contributed by atoms with E-state index in [2.05, 4.69) is 5.10 Å². The molecule has 0 aliphatic rings. The quantitative estimate of drug-likeness (QED) is 0.510. The molecule has 0 spiro atoms. The number of hydrazone groups is 1. The fraction of sp³-hybridized carbons (Fsp3) is 0.111. The van der Waals surface area contributed by atoms with Crippen molar-refractivity contribution >= 4 is 29.0 Å². The Kier molecular flexibility index (Phi) is 4.12. The fourth-order valence-electron chi connectivity index (χ4n) is 0.929. The smallest absolute Gasteiger partial charge is 0.442 e. The van der Waals surface area contributed by atoms with Crippen molar-refractivity contribution in [3.63, 3.8) is 0 Å². The average Bonchev–Trinajstić information content (AvgIpc) is 2.18. The highest BCUT2D eigenvalue weighted by Crippen LogP contribution is 2.21. The maximum absolute atomic E-state index is 13.2. The summed E-state index contributed by atoms with van der Waals surface area (Å²) >= 11 is 5.42. The number of alkyl halides is 3. The Morgan fingerprint density at radius 3 is 2.44 bits per heavy atom. The molecule has 0 aliphatic carbocycles. The first-order chi connectivity index (χ1) is 8.21. The van der Waals surface area contributed by atoms with Crippen LogP contribution in [0.1, 0.15) is 0 Å².